The van der Waals surface area contributed by atoms with Gasteiger partial charge in [0.15, 0.2) is 0 Å². The highest BCUT2D eigenvalue weighted by atomic mass is 35.5. The minimum Gasteiger partial charge on any atom is -0.398 e. The van der Waals surface area contributed by atoms with E-state index < -0.39 is 0 Å². The van der Waals surface area contributed by atoms with E-state index in [0.717, 1.165) is 18.4 Å². The molecule has 0 aromatic carbocycles. The van der Waals surface area contributed by atoms with Crippen molar-refractivity contribution in [3.63, 3.8) is 0 Å². The Morgan fingerprint density at radius 1 is 1.06 bits per heavy atom. The predicted molar refractivity (Wildman–Crippen MR) is 80.3 cm³/mol. The molecule has 102 valence electrons. The van der Waals surface area contributed by atoms with E-state index in [1.54, 1.807) is 0 Å². The lowest BCUT2D eigenvalue weighted by Gasteiger charge is -2.25. The van der Waals surface area contributed by atoms with Gasteiger partial charge in [0, 0.05) is 21.8 Å². The summed E-state index contributed by atoms with van der Waals surface area (Å²) in [5.41, 5.74) is 13.9. The summed E-state index contributed by atoms with van der Waals surface area (Å²) in [6.07, 6.45) is 12.8. The van der Waals surface area contributed by atoms with E-state index in [2.05, 4.69) is 0 Å². The second-order valence-electron chi connectivity index (χ2n) is 5.09. The summed E-state index contributed by atoms with van der Waals surface area (Å²) in [4.78, 5) is 0. The average molecular weight is 269 g/mol. The molecule has 2 nitrogen and oxygen atoms in total. The van der Waals surface area contributed by atoms with Gasteiger partial charge in [-0.25, -0.2) is 0 Å². The highest BCUT2D eigenvalue weighted by molar-refractivity contribution is 6.32. The topological polar surface area (TPSA) is 52.0 Å². The highest BCUT2D eigenvalue weighted by Crippen LogP contribution is 2.29. The van der Waals surface area contributed by atoms with Crippen molar-refractivity contribution in [3.05, 3.63) is 34.5 Å². The lowest BCUT2D eigenvalue weighted by atomic mass is 9.89. The summed E-state index contributed by atoms with van der Waals surface area (Å²) in [5, 5.41) is 0.684. The normalized spacial score (nSPS) is 22.8. The van der Waals surface area contributed by atoms with Crippen LogP contribution in [0.3, 0.4) is 0 Å². The second-order valence-corrected chi connectivity index (χ2v) is 5.49. The molecular weight excluding hydrogens is 244 g/mol. The molecule has 1 aliphatic carbocycles. The lowest BCUT2D eigenvalue weighted by Crippen LogP contribution is -2.38. The Morgan fingerprint density at radius 3 is 2.06 bits per heavy atom. The first-order chi connectivity index (χ1) is 8.52. The SMILES string of the molecule is C/C=C(C(/N)=C/C1(N)CCCCCC1)\C(Cl)=C/C. The molecule has 0 aromatic rings. The van der Waals surface area contributed by atoms with Crippen molar-refractivity contribution in [3.8, 4) is 0 Å². The number of hydrogen-bond donors (Lipinski definition) is 2. The molecule has 0 aliphatic heterocycles. The zero-order valence-corrected chi connectivity index (χ0v) is 12.3. The van der Waals surface area contributed by atoms with E-state index in [1.165, 1.54) is 25.7 Å². The quantitative estimate of drug-likeness (QED) is 0.601. The summed E-state index contributed by atoms with van der Waals surface area (Å²) >= 11 is 6.15. The van der Waals surface area contributed by atoms with E-state index in [-0.39, 0.29) is 5.54 Å². The number of allylic oxidation sites excluding steroid dienone is 3. The summed E-state index contributed by atoms with van der Waals surface area (Å²) in [6, 6.07) is 0. The smallest absolute Gasteiger partial charge is 0.0452 e. The van der Waals surface area contributed by atoms with Crippen LogP contribution >= 0.6 is 11.6 Å². The highest BCUT2D eigenvalue weighted by Gasteiger charge is 2.24. The molecule has 18 heavy (non-hydrogen) atoms. The summed E-state index contributed by atoms with van der Waals surface area (Å²) in [6.45, 7) is 3.85. The number of halogens is 1. The van der Waals surface area contributed by atoms with Crippen molar-refractivity contribution in [2.24, 2.45) is 11.5 Å². The fourth-order valence-corrected chi connectivity index (χ4v) is 2.73. The Bertz CT molecular complexity index is 359. The van der Waals surface area contributed by atoms with Gasteiger partial charge >= 0.3 is 0 Å². The Labute approximate surface area is 116 Å². The van der Waals surface area contributed by atoms with E-state index >= 15 is 0 Å². The van der Waals surface area contributed by atoms with Crippen molar-refractivity contribution in [2.45, 2.75) is 57.9 Å². The van der Waals surface area contributed by atoms with Crippen LogP contribution in [0.2, 0.25) is 0 Å². The molecule has 1 saturated carbocycles. The van der Waals surface area contributed by atoms with Crippen molar-refractivity contribution >= 4 is 11.6 Å². The van der Waals surface area contributed by atoms with Crippen LogP contribution in [0, 0.1) is 0 Å². The zero-order chi connectivity index (χ0) is 13.6. The molecule has 0 saturated heterocycles. The molecule has 0 amide bonds. The average Bonchev–Trinajstić information content (AvgIpc) is 2.54. The lowest BCUT2D eigenvalue weighted by molar-refractivity contribution is 0.458. The molecule has 4 N–H and O–H groups in total. The largest absolute Gasteiger partial charge is 0.398 e. The molecule has 0 spiro atoms. The van der Waals surface area contributed by atoms with Crippen molar-refractivity contribution in [2.75, 3.05) is 0 Å². The van der Waals surface area contributed by atoms with Gasteiger partial charge in [-0.1, -0.05) is 49.4 Å². The number of hydrogen-bond acceptors (Lipinski definition) is 2. The summed E-state index contributed by atoms with van der Waals surface area (Å²) in [5.74, 6) is 0. The van der Waals surface area contributed by atoms with Gasteiger partial charge in [0.25, 0.3) is 0 Å². The maximum Gasteiger partial charge on any atom is 0.0452 e. The first kappa shape index (κ1) is 15.3. The van der Waals surface area contributed by atoms with Gasteiger partial charge in [-0.15, -0.1) is 0 Å². The maximum absolute atomic E-state index is 6.45. The zero-order valence-electron chi connectivity index (χ0n) is 11.5. The maximum atomic E-state index is 6.45. The first-order valence-corrected chi connectivity index (χ1v) is 7.16. The van der Waals surface area contributed by atoms with Crippen LogP contribution < -0.4 is 11.5 Å². The molecule has 1 aliphatic rings. The third-order valence-corrected chi connectivity index (χ3v) is 4.01. The molecule has 0 heterocycles. The number of rotatable bonds is 3. The van der Waals surface area contributed by atoms with Crippen LogP contribution in [0.4, 0.5) is 0 Å². The number of nitrogens with two attached hydrogens (primary N) is 2. The van der Waals surface area contributed by atoms with Crippen molar-refractivity contribution < 1.29 is 0 Å². The molecule has 0 unspecified atom stereocenters. The van der Waals surface area contributed by atoms with Crippen LogP contribution in [-0.4, -0.2) is 5.54 Å². The minimum absolute atomic E-state index is 0.264. The van der Waals surface area contributed by atoms with E-state index in [1.807, 2.05) is 32.1 Å². The van der Waals surface area contributed by atoms with Crippen molar-refractivity contribution in [1.29, 1.82) is 0 Å². The van der Waals surface area contributed by atoms with E-state index in [9.17, 15) is 0 Å². The van der Waals surface area contributed by atoms with Gasteiger partial charge in [0.1, 0.15) is 0 Å². The third-order valence-electron chi connectivity index (χ3n) is 3.59. The molecule has 3 heteroatoms. The Kier molecular flexibility index (Phi) is 5.97. The molecule has 0 atom stereocenters. The standard InChI is InChI=1S/C15H25ClN2/c1-3-12(13(16)4-2)14(17)11-15(18)9-7-5-6-8-10-15/h3-4,11H,5-10,17-18H2,1-2H3/b12-3+,13-4+,14-11-. The predicted octanol–water partition coefficient (Wildman–Crippen LogP) is 3.97. The van der Waals surface area contributed by atoms with E-state index in [0.29, 0.717) is 10.7 Å². The van der Waals surface area contributed by atoms with E-state index in [4.69, 9.17) is 23.1 Å². The summed E-state index contributed by atoms with van der Waals surface area (Å²) in [7, 11) is 0. The van der Waals surface area contributed by atoms with Crippen LogP contribution in [-0.2, 0) is 0 Å². The molecular formula is C15H25ClN2. The van der Waals surface area contributed by atoms with Crippen LogP contribution in [0.5, 0.6) is 0 Å². The van der Waals surface area contributed by atoms with Crippen LogP contribution in [0.15, 0.2) is 34.5 Å². The van der Waals surface area contributed by atoms with Crippen LogP contribution in [0.25, 0.3) is 0 Å². The van der Waals surface area contributed by atoms with Crippen LogP contribution in [0.1, 0.15) is 52.4 Å². The van der Waals surface area contributed by atoms with Gasteiger partial charge in [-0.3, -0.25) is 0 Å². The third kappa shape index (κ3) is 4.18. The molecule has 1 rings (SSSR count). The van der Waals surface area contributed by atoms with Gasteiger partial charge in [0.05, 0.1) is 0 Å². The Hall–Kier alpha value is -0.730. The molecule has 0 bridgehead atoms. The molecule has 0 radical (unpaired) electrons. The first-order valence-electron chi connectivity index (χ1n) is 6.78. The Morgan fingerprint density at radius 2 is 1.61 bits per heavy atom. The minimum atomic E-state index is -0.264. The van der Waals surface area contributed by atoms with Gasteiger partial charge in [-0.2, -0.15) is 0 Å². The fourth-order valence-electron chi connectivity index (χ4n) is 2.52. The van der Waals surface area contributed by atoms with Crippen molar-refractivity contribution in [1.82, 2.24) is 0 Å². The monoisotopic (exact) mass is 268 g/mol. The Balaban J connectivity index is 2.92. The van der Waals surface area contributed by atoms with Gasteiger partial charge in [-0.05, 0) is 32.8 Å². The molecule has 1 fully saturated rings. The second kappa shape index (κ2) is 7.01. The molecule has 0 aromatic heterocycles. The van der Waals surface area contributed by atoms with Gasteiger partial charge in [0.2, 0.25) is 0 Å². The summed E-state index contributed by atoms with van der Waals surface area (Å²) < 4.78 is 0. The van der Waals surface area contributed by atoms with Gasteiger partial charge < -0.3 is 11.5 Å². The fraction of sp³-hybridized carbons (Fsp3) is 0.600.